The van der Waals surface area contributed by atoms with Gasteiger partial charge in [-0.05, 0) is 12.3 Å². The summed E-state index contributed by atoms with van der Waals surface area (Å²) >= 11 is 5.62. The lowest BCUT2D eigenvalue weighted by atomic mass is 10.1. The molecule has 0 fully saturated rings. The molecule has 0 radical (unpaired) electrons. The van der Waals surface area contributed by atoms with E-state index in [1.54, 1.807) is 4.68 Å². The first-order valence-electron chi connectivity index (χ1n) is 5.75. The predicted molar refractivity (Wildman–Crippen MR) is 64.7 cm³/mol. The lowest BCUT2D eigenvalue weighted by molar-refractivity contribution is 0.113. The largest absolute Gasteiger partial charge is 0.380 e. The predicted octanol–water partition coefficient (Wildman–Crippen LogP) is 2.12. The van der Waals surface area contributed by atoms with E-state index in [-0.39, 0.29) is 0 Å². The number of nitrogens with zero attached hydrogens (tertiary/aromatic N) is 3. The summed E-state index contributed by atoms with van der Waals surface area (Å²) in [4.78, 5) is 0. The molecular formula is C11H20ClN3O. The zero-order chi connectivity index (χ0) is 11.8. The highest BCUT2D eigenvalue weighted by Gasteiger charge is 2.00. The van der Waals surface area contributed by atoms with Crippen LogP contribution in [-0.2, 0) is 17.7 Å². The van der Waals surface area contributed by atoms with Gasteiger partial charge in [0, 0.05) is 25.1 Å². The van der Waals surface area contributed by atoms with Gasteiger partial charge in [0.05, 0.1) is 18.8 Å². The third-order valence-corrected chi connectivity index (χ3v) is 2.43. The molecule has 1 heterocycles. The molecule has 0 aliphatic rings. The highest BCUT2D eigenvalue weighted by atomic mass is 35.5. The maximum absolute atomic E-state index is 5.62. The summed E-state index contributed by atoms with van der Waals surface area (Å²) in [5.41, 5.74) is 0.942. The molecular weight excluding hydrogens is 226 g/mol. The van der Waals surface area contributed by atoms with Gasteiger partial charge < -0.3 is 4.74 Å². The van der Waals surface area contributed by atoms with Gasteiger partial charge in [0.1, 0.15) is 0 Å². The summed E-state index contributed by atoms with van der Waals surface area (Å²) in [6.45, 7) is 6.66. The number of aryl methyl sites for hydroxylation is 1. The Bertz CT molecular complexity index is 289. The molecule has 0 spiro atoms. The molecule has 0 saturated heterocycles. The Hall–Kier alpha value is -0.610. The highest BCUT2D eigenvalue weighted by molar-refractivity contribution is 6.17. The van der Waals surface area contributed by atoms with Crippen molar-refractivity contribution in [1.29, 1.82) is 0 Å². The number of alkyl halides is 1. The Morgan fingerprint density at radius 2 is 2.25 bits per heavy atom. The number of hydrogen-bond donors (Lipinski definition) is 0. The summed E-state index contributed by atoms with van der Waals surface area (Å²) in [7, 11) is 0. The molecule has 0 bridgehead atoms. The quantitative estimate of drug-likeness (QED) is 0.520. The molecule has 1 aromatic rings. The summed E-state index contributed by atoms with van der Waals surface area (Å²) in [5, 5.41) is 8.00. The normalized spacial score (nSPS) is 11.2. The van der Waals surface area contributed by atoms with Gasteiger partial charge in [0.25, 0.3) is 0 Å². The maximum atomic E-state index is 5.62. The monoisotopic (exact) mass is 245 g/mol. The van der Waals surface area contributed by atoms with E-state index in [0.29, 0.717) is 18.4 Å². The van der Waals surface area contributed by atoms with E-state index < -0.39 is 0 Å². The average molecular weight is 246 g/mol. The fourth-order valence-corrected chi connectivity index (χ4v) is 1.43. The number of halogens is 1. The second kappa shape index (κ2) is 7.63. The number of ether oxygens (including phenoxy) is 1. The molecule has 92 valence electrons. The molecule has 0 atom stereocenters. The van der Waals surface area contributed by atoms with Gasteiger partial charge in [-0.1, -0.05) is 19.1 Å². The Morgan fingerprint density at radius 1 is 1.44 bits per heavy atom. The van der Waals surface area contributed by atoms with Crippen LogP contribution < -0.4 is 0 Å². The van der Waals surface area contributed by atoms with E-state index in [0.717, 1.165) is 31.7 Å². The minimum Gasteiger partial charge on any atom is -0.380 e. The zero-order valence-electron chi connectivity index (χ0n) is 10.0. The third-order valence-electron chi connectivity index (χ3n) is 2.24. The SMILES string of the molecule is CC(C)CCOCCn1cc(CCCl)nn1. The van der Waals surface area contributed by atoms with Gasteiger partial charge >= 0.3 is 0 Å². The highest BCUT2D eigenvalue weighted by Crippen LogP contribution is 1.99. The number of hydrogen-bond acceptors (Lipinski definition) is 3. The van der Waals surface area contributed by atoms with Crippen LogP contribution in [-0.4, -0.2) is 34.1 Å². The zero-order valence-corrected chi connectivity index (χ0v) is 10.8. The molecule has 0 aliphatic carbocycles. The van der Waals surface area contributed by atoms with Crippen LogP contribution >= 0.6 is 11.6 Å². The molecule has 4 nitrogen and oxygen atoms in total. The van der Waals surface area contributed by atoms with Crippen molar-refractivity contribution in [1.82, 2.24) is 15.0 Å². The van der Waals surface area contributed by atoms with Crippen LogP contribution in [0, 0.1) is 5.92 Å². The van der Waals surface area contributed by atoms with Gasteiger partial charge in [-0.2, -0.15) is 0 Å². The van der Waals surface area contributed by atoms with E-state index in [2.05, 4.69) is 24.2 Å². The minimum absolute atomic E-state index is 0.587. The van der Waals surface area contributed by atoms with Crippen molar-refractivity contribution in [2.24, 2.45) is 5.92 Å². The van der Waals surface area contributed by atoms with E-state index in [1.807, 2.05) is 6.20 Å². The Morgan fingerprint density at radius 3 is 2.94 bits per heavy atom. The minimum atomic E-state index is 0.587. The molecule has 0 saturated carbocycles. The lowest BCUT2D eigenvalue weighted by Crippen LogP contribution is -2.08. The van der Waals surface area contributed by atoms with E-state index in [9.17, 15) is 0 Å². The second-order valence-corrected chi connectivity index (χ2v) is 4.58. The first-order chi connectivity index (χ1) is 7.72. The van der Waals surface area contributed by atoms with E-state index >= 15 is 0 Å². The smallest absolute Gasteiger partial charge is 0.0839 e. The Labute approximate surface area is 102 Å². The lowest BCUT2D eigenvalue weighted by Gasteiger charge is -2.05. The van der Waals surface area contributed by atoms with Crippen molar-refractivity contribution in [3.05, 3.63) is 11.9 Å². The van der Waals surface area contributed by atoms with E-state index in [4.69, 9.17) is 16.3 Å². The standard InChI is InChI=1S/C11H20ClN3O/c1-10(2)4-7-16-8-6-15-9-11(3-5-12)13-14-15/h9-10H,3-8H2,1-2H3. The van der Waals surface area contributed by atoms with Crippen molar-refractivity contribution in [2.75, 3.05) is 19.1 Å². The maximum Gasteiger partial charge on any atom is 0.0839 e. The molecule has 16 heavy (non-hydrogen) atoms. The van der Waals surface area contributed by atoms with Crippen LogP contribution in [0.15, 0.2) is 6.20 Å². The molecule has 1 rings (SSSR count). The Balaban J connectivity index is 2.12. The van der Waals surface area contributed by atoms with Gasteiger partial charge in [0.15, 0.2) is 0 Å². The molecule has 0 amide bonds. The van der Waals surface area contributed by atoms with Crippen LogP contribution in [0.1, 0.15) is 26.0 Å². The van der Waals surface area contributed by atoms with Crippen molar-refractivity contribution in [3.8, 4) is 0 Å². The van der Waals surface area contributed by atoms with E-state index in [1.165, 1.54) is 0 Å². The van der Waals surface area contributed by atoms with Crippen molar-refractivity contribution < 1.29 is 4.74 Å². The van der Waals surface area contributed by atoms with Gasteiger partial charge in [-0.25, -0.2) is 4.68 Å². The molecule has 0 N–H and O–H groups in total. The second-order valence-electron chi connectivity index (χ2n) is 4.21. The molecule has 1 aromatic heterocycles. The number of rotatable bonds is 8. The van der Waals surface area contributed by atoms with Crippen LogP contribution in [0.25, 0.3) is 0 Å². The summed E-state index contributed by atoms with van der Waals surface area (Å²) in [6.07, 6.45) is 3.80. The fraction of sp³-hybridized carbons (Fsp3) is 0.818. The first-order valence-corrected chi connectivity index (χ1v) is 6.28. The molecule has 0 aliphatic heterocycles. The van der Waals surface area contributed by atoms with Crippen LogP contribution in [0.3, 0.4) is 0 Å². The Kier molecular flexibility index (Phi) is 6.42. The van der Waals surface area contributed by atoms with Crippen LogP contribution in [0.4, 0.5) is 0 Å². The molecule has 0 unspecified atom stereocenters. The summed E-state index contributed by atoms with van der Waals surface area (Å²) in [5.74, 6) is 1.28. The van der Waals surface area contributed by atoms with Crippen LogP contribution in [0.2, 0.25) is 0 Å². The van der Waals surface area contributed by atoms with Gasteiger partial charge in [-0.15, -0.1) is 16.7 Å². The van der Waals surface area contributed by atoms with Crippen molar-refractivity contribution >= 4 is 11.6 Å². The van der Waals surface area contributed by atoms with Gasteiger partial charge in [-0.3, -0.25) is 0 Å². The molecule has 5 heteroatoms. The number of aromatic nitrogens is 3. The third kappa shape index (κ3) is 5.47. The van der Waals surface area contributed by atoms with Crippen molar-refractivity contribution in [3.63, 3.8) is 0 Å². The van der Waals surface area contributed by atoms with Crippen molar-refractivity contribution in [2.45, 2.75) is 33.2 Å². The fourth-order valence-electron chi connectivity index (χ4n) is 1.24. The topological polar surface area (TPSA) is 39.9 Å². The van der Waals surface area contributed by atoms with Gasteiger partial charge in [0.2, 0.25) is 0 Å². The summed E-state index contributed by atoms with van der Waals surface area (Å²) in [6, 6.07) is 0. The van der Waals surface area contributed by atoms with Crippen LogP contribution in [0.5, 0.6) is 0 Å². The summed E-state index contributed by atoms with van der Waals surface area (Å²) < 4.78 is 7.31. The first kappa shape index (κ1) is 13.5. The molecule has 0 aromatic carbocycles. The average Bonchev–Trinajstić information content (AvgIpc) is 2.65.